The summed E-state index contributed by atoms with van der Waals surface area (Å²) in [5.41, 5.74) is 0.121. The van der Waals surface area contributed by atoms with Gasteiger partial charge in [0, 0.05) is 3.57 Å². The van der Waals surface area contributed by atoms with Gasteiger partial charge in [-0.3, -0.25) is 4.79 Å². The van der Waals surface area contributed by atoms with Gasteiger partial charge >= 0.3 is 18.0 Å². The SMILES string of the molecule is COC(=O)CNC(=O)Nc1ccc(I)cc1C(=O)O. The van der Waals surface area contributed by atoms with Crippen LogP contribution in [-0.2, 0) is 9.53 Å². The first kappa shape index (κ1) is 15.2. The fourth-order valence-electron chi connectivity index (χ4n) is 1.19. The predicted octanol–water partition coefficient (Wildman–Crippen LogP) is 1.28. The van der Waals surface area contributed by atoms with Crippen LogP contribution in [0.1, 0.15) is 10.4 Å². The Morgan fingerprint density at radius 3 is 2.63 bits per heavy atom. The number of hydrogen-bond acceptors (Lipinski definition) is 4. The third kappa shape index (κ3) is 4.73. The highest BCUT2D eigenvalue weighted by molar-refractivity contribution is 14.1. The average Bonchev–Trinajstić information content (AvgIpc) is 2.37. The lowest BCUT2D eigenvalue weighted by Crippen LogP contribution is -2.34. The molecule has 0 bridgehead atoms. The summed E-state index contributed by atoms with van der Waals surface area (Å²) in [5.74, 6) is -1.75. The van der Waals surface area contributed by atoms with Crippen LogP contribution in [0.15, 0.2) is 18.2 Å². The molecule has 0 atom stereocenters. The van der Waals surface area contributed by atoms with Crippen LogP contribution in [-0.4, -0.2) is 36.7 Å². The van der Waals surface area contributed by atoms with E-state index in [2.05, 4.69) is 15.4 Å². The summed E-state index contributed by atoms with van der Waals surface area (Å²) in [7, 11) is 1.20. The van der Waals surface area contributed by atoms with E-state index in [0.29, 0.717) is 0 Å². The largest absolute Gasteiger partial charge is 0.478 e. The van der Waals surface area contributed by atoms with Crippen LogP contribution in [0, 0.1) is 3.57 Å². The highest BCUT2D eigenvalue weighted by Crippen LogP contribution is 2.18. The summed E-state index contributed by atoms with van der Waals surface area (Å²) >= 11 is 1.97. The molecule has 0 heterocycles. The number of benzene rings is 1. The topological polar surface area (TPSA) is 105 Å². The standard InChI is InChI=1S/C11H11IN2O5/c1-19-9(15)5-13-11(18)14-8-3-2-6(12)4-7(8)10(16)17/h2-4H,5H2,1H3,(H,16,17)(H2,13,14,18). The van der Waals surface area contributed by atoms with Crippen LogP contribution < -0.4 is 10.6 Å². The molecule has 0 spiro atoms. The smallest absolute Gasteiger partial charge is 0.337 e. The molecular weight excluding hydrogens is 367 g/mol. The highest BCUT2D eigenvalue weighted by atomic mass is 127. The number of halogens is 1. The summed E-state index contributed by atoms with van der Waals surface area (Å²) in [4.78, 5) is 33.3. The minimum atomic E-state index is -1.15. The van der Waals surface area contributed by atoms with Crippen molar-refractivity contribution in [3.63, 3.8) is 0 Å². The van der Waals surface area contributed by atoms with Crippen molar-refractivity contribution < 1.29 is 24.2 Å². The van der Waals surface area contributed by atoms with E-state index in [1.807, 2.05) is 22.6 Å². The predicted molar refractivity (Wildman–Crippen MR) is 75.2 cm³/mol. The summed E-state index contributed by atoms with van der Waals surface area (Å²) in [5, 5.41) is 13.6. The molecule has 0 aromatic heterocycles. The van der Waals surface area contributed by atoms with E-state index in [0.717, 1.165) is 3.57 Å². The summed E-state index contributed by atoms with van der Waals surface area (Å²) in [6, 6.07) is 3.87. The first-order valence-corrected chi connectivity index (χ1v) is 6.16. The number of urea groups is 1. The Balaban J connectivity index is 2.74. The van der Waals surface area contributed by atoms with Crippen LogP contribution >= 0.6 is 22.6 Å². The van der Waals surface area contributed by atoms with E-state index in [1.165, 1.54) is 19.2 Å². The van der Waals surface area contributed by atoms with Gasteiger partial charge in [0.25, 0.3) is 0 Å². The zero-order valence-electron chi connectivity index (χ0n) is 9.90. The van der Waals surface area contributed by atoms with Crippen molar-refractivity contribution in [3.05, 3.63) is 27.3 Å². The van der Waals surface area contributed by atoms with Gasteiger partial charge in [-0.25, -0.2) is 9.59 Å². The first-order valence-electron chi connectivity index (χ1n) is 5.08. The summed E-state index contributed by atoms with van der Waals surface area (Å²) < 4.78 is 5.08. The maximum absolute atomic E-state index is 11.5. The van der Waals surface area contributed by atoms with Crippen molar-refractivity contribution in [3.8, 4) is 0 Å². The highest BCUT2D eigenvalue weighted by Gasteiger charge is 2.13. The molecule has 0 aliphatic rings. The van der Waals surface area contributed by atoms with Crippen LogP contribution in [0.4, 0.5) is 10.5 Å². The molecule has 1 aromatic rings. The van der Waals surface area contributed by atoms with Gasteiger partial charge in [0.15, 0.2) is 0 Å². The molecule has 19 heavy (non-hydrogen) atoms. The lowest BCUT2D eigenvalue weighted by Gasteiger charge is -2.09. The number of esters is 1. The molecule has 0 radical (unpaired) electrons. The van der Waals surface area contributed by atoms with Crippen LogP contribution in [0.3, 0.4) is 0 Å². The van der Waals surface area contributed by atoms with Crippen LogP contribution in [0.2, 0.25) is 0 Å². The normalized spacial score (nSPS) is 9.58. The first-order chi connectivity index (χ1) is 8.93. The van der Waals surface area contributed by atoms with Gasteiger partial charge in [0.1, 0.15) is 6.54 Å². The summed E-state index contributed by atoms with van der Waals surface area (Å²) in [6.07, 6.45) is 0. The Kier molecular flexibility index (Phi) is 5.55. The second-order valence-corrected chi connectivity index (χ2v) is 4.62. The Hall–Kier alpha value is -1.84. The number of hydrogen-bond donors (Lipinski definition) is 3. The zero-order valence-corrected chi connectivity index (χ0v) is 12.1. The molecule has 7 nitrogen and oxygen atoms in total. The number of aromatic carboxylic acids is 1. The molecule has 0 aliphatic heterocycles. The zero-order chi connectivity index (χ0) is 14.4. The van der Waals surface area contributed by atoms with Crippen LogP contribution in [0.25, 0.3) is 0 Å². The molecule has 0 fully saturated rings. The fourth-order valence-corrected chi connectivity index (χ4v) is 1.68. The van der Waals surface area contributed by atoms with Gasteiger partial charge in [-0.05, 0) is 40.8 Å². The number of methoxy groups -OCH3 is 1. The van der Waals surface area contributed by atoms with Gasteiger partial charge < -0.3 is 20.5 Å². The molecule has 0 saturated heterocycles. The number of ether oxygens (including phenoxy) is 1. The van der Waals surface area contributed by atoms with Gasteiger partial charge in [-0.1, -0.05) is 0 Å². The van der Waals surface area contributed by atoms with E-state index in [1.54, 1.807) is 6.07 Å². The minimum Gasteiger partial charge on any atom is -0.478 e. The van der Waals surface area contributed by atoms with E-state index in [-0.39, 0.29) is 17.8 Å². The molecule has 8 heteroatoms. The van der Waals surface area contributed by atoms with Gasteiger partial charge in [-0.15, -0.1) is 0 Å². The lowest BCUT2D eigenvalue weighted by atomic mass is 10.2. The maximum Gasteiger partial charge on any atom is 0.337 e. The molecule has 0 saturated carbocycles. The Morgan fingerprint density at radius 1 is 1.37 bits per heavy atom. The van der Waals surface area contributed by atoms with Crippen molar-refractivity contribution in [2.45, 2.75) is 0 Å². The molecule has 1 aromatic carbocycles. The van der Waals surface area contributed by atoms with Gasteiger partial charge in [0.2, 0.25) is 0 Å². The molecule has 0 unspecified atom stereocenters. The Bertz CT molecular complexity index is 518. The monoisotopic (exact) mass is 378 g/mol. The third-order valence-electron chi connectivity index (χ3n) is 2.08. The number of carboxylic acid groups (broad SMARTS) is 1. The number of carboxylic acids is 1. The maximum atomic E-state index is 11.5. The number of rotatable bonds is 4. The molecule has 3 N–H and O–H groups in total. The van der Waals surface area contributed by atoms with Crippen molar-refractivity contribution in [1.82, 2.24) is 5.32 Å². The number of carbonyl (C=O) groups is 3. The van der Waals surface area contributed by atoms with Crippen molar-refractivity contribution in [2.24, 2.45) is 0 Å². The van der Waals surface area contributed by atoms with Crippen LogP contribution in [0.5, 0.6) is 0 Å². The number of amides is 2. The Morgan fingerprint density at radius 2 is 2.05 bits per heavy atom. The Labute approximate surface area is 122 Å². The average molecular weight is 378 g/mol. The molecule has 2 amide bonds. The van der Waals surface area contributed by atoms with Crippen molar-refractivity contribution in [1.29, 1.82) is 0 Å². The second kappa shape index (κ2) is 6.92. The molecular formula is C11H11IN2O5. The fraction of sp³-hybridized carbons (Fsp3) is 0.182. The minimum absolute atomic E-state index is 0.0277. The molecule has 1 rings (SSSR count). The lowest BCUT2D eigenvalue weighted by molar-refractivity contribution is -0.139. The van der Waals surface area contributed by atoms with E-state index in [9.17, 15) is 14.4 Å². The number of carbonyl (C=O) groups excluding carboxylic acids is 2. The number of anilines is 1. The third-order valence-corrected chi connectivity index (χ3v) is 2.75. The van der Waals surface area contributed by atoms with Crippen molar-refractivity contribution in [2.75, 3.05) is 19.0 Å². The quantitative estimate of drug-likeness (QED) is 0.541. The molecule has 102 valence electrons. The van der Waals surface area contributed by atoms with E-state index in [4.69, 9.17) is 5.11 Å². The van der Waals surface area contributed by atoms with Gasteiger partial charge in [-0.2, -0.15) is 0 Å². The van der Waals surface area contributed by atoms with E-state index < -0.39 is 18.0 Å². The van der Waals surface area contributed by atoms with Crippen molar-refractivity contribution >= 4 is 46.2 Å². The summed E-state index contributed by atoms with van der Waals surface area (Å²) in [6.45, 7) is -0.297. The second-order valence-electron chi connectivity index (χ2n) is 3.38. The number of nitrogens with one attached hydrogen (secondary N) is 2. The van der Waals surface area contributed by atoms with E-state index >= 15 is 0 Å². The molecule has 0 aliphatic carbocycles. The van der Waals surface area contributed by atoms with Gasteiger partial charge in [0.05, 0.1) is 18.4 Å².